The maximum absolute atomic E-state index is 14.4. The van der Waals surface area contributed by atoms with E-state index in [1.165, 1.54) is 6.07 Å². The SMILES string of the molecule is CCOP(=O)(OCC)c1c(C(F)(F)Br)c(C#N)c2ccccc2c1N. The molecule has 0 spiro atoms. The molecule has 5 nitrogen and oxygen atoms in total. The number of hydrogen-bond donors (Lipinski definition) is 1. The van der Waals surface area contributed by atoms with Gasteiger partial charge in [-0.3, -0.25) is 4.57 Å². The van der Waals surface area contributed by atoms with Crippen LogP contribution < -0.4 is 11.0 Å². The zero-order valence-electron chi connectivity index (χ0n) is 13.6. The number of nitriles is 1. The van der Waals surface area contributed by atoms with Crippen LogP contribution in [-0.4, -0.2) is 13.2 Å². The summed E-state index contributed by atoms with van der Waals surface area (Å²) < 4.78 is 52.4. The first-order valence-electron chi connectivity index (χ1n) is 7.42. The van der Waals surface area contributed by atoms with Crippen molar-refractivity contribution >= 4 is 45.3 Å². The molecule has 0 amide bonds. The second-order valence-corrected chi connectivity index (χ2v) is 7.95. The minimum Gasteiger partial charge on any atom is -0.397 e. The fraction of sp³-hybridized carbons (Fsp3) is 0.312. The van der Waals surface area contributed by atoms with Crippen LogP contribution in [0.2, 0.25) is 0 Å². The van der Waals surface area contributed by atoms with Crippen molar-refractivity contribution in [2.45, 2.75) is 18.7 Å². The molecule has 2 N–H and O–H groups in total. The number of nitrogens with zero attached hydrogens (tertiary/aromatic N) is 1. The molecule has 134 valence electrons. The summed E-state index contributed by atoms with van der Waals surface area (Å²) >= 11 is 2.27. The third-order valence-corrected chi connectivity index (χ3v) is 6.10. The van der Waals surface area contributed by atoms with E-state index in [1.54, 1.807) is 38.1 Å². The number of hydrogen-bond acceptors (Lipinski definition) is 5. The van der Waals surface area contributed by atoms with E-state index < -0.39 is 23.3 Å². The van der Waals surface area contributed by atoms with Crippen LogP contribution in [0.4, 0.5) is 14.5 Å². The highest BCUT2D eigenvalue weighted by molar-refractivity contribution is 9.09. The summed E-state index contributed by atoms with van der Waals surface area (Å²) in [6.45, 7) is 3.03. The summed E-state index contributed by atoms with van der Waals surface area (Å²) in [7, 11) is -4.17. The zero-order valence-corrected chi connectivity index (χ0v) is 16.0. The molecular weight excluding hydrogens is 417 g/mol. The van der Waals surface area contributed by atoms with Crippen molar-refractivity contribution < 1.29 is 22.4 Å². The van der Waals surface area contributed by atoms with E-state index in [1.807, 2.05) is 0 Å². The van der Waals surface area contributed by atoms with Gasteiger partial charge >= 0.3 is 12.4 Å². The molecule has 0 radical (unpaired) electrons. The lowest BCUT2D eigenvalue weighted by molar-refractivity contribution is 0.115. The maximum atomic E-state index is 14.4. The average Bonchev–Trinajstić information content (AvgIpc) is 2.54. The molecule has 0 bridgehead atoms. The van der Waals surface area contributed by atoms with Crippen molar-refractivity contribution in [2.24, 2.45) is 0 Å². The van der Waals surface area contributed by atoms with Crippen LogP contribution in [0.3, 0.4) is 0 Å². The molecule has 0 fully saturated rings. The molecule has 0 aliphatic heterocycles. The number of nitrogen functional groups attached to an aromatic ring is 1. The van der Waals surface area contributed by atoms with Gasteiger partial charge in [0.05, 0.1) is 35.3 Å². The van der Waals surface area contributed by atoms with Gasteiger partial charge in [-0.1, -0.05) is 24.3 Å². The first kappa shape index (κ1) is 19.8. The van der Waals surface area contributed by atoms with E-state index in [0.717, 1.165) is 0 Å². The van der Waals surface area contributed by atoms with Gasteiger partial charge in [0, 0.05) is 10.8 Å². The van der Waals surface area contributed by atoms with Crippen molar-refractivity contribution in [3.8, 4) is 6.07 Å². The first-order valence-corrected chi connectivity index (χ1v) is 9.76. The van der Waals surface area contributed by atoms with E-state index in [9.17, 15) is 18.6 Å². The van der Waals surface area contributed by atoms with Crippen LogP contribution in [0.1, 0.15) is 25.0 Å². The molecule has 2 rings (SSSR count). The van der Waals surface area contributed by atoms with Gasteiger partial charge in [-0.15, -0.1) is 0 Å². The Hall–Kier alpha value is -1.52. The summed E-state index contributed by atoms with van der Waals surface area (Å²) in [6, 6.07) is 8.08. The third-order valence-electron chi connectivity index (χ3n) is 3.50. The lowest BCUT2D eigenvalue weighted by atomic mass is 9.98. The Morgan fingerprint density at radius 1 is 1.24 bits per heavy atom. The van der Waals surface area contributed by atoms with Gasteiger partial charge in [0.15, 0.2) is 0 Å². The van der Waals surface area contributed by atoms with Crippen molar-refractivity contribution in [2.75, 3.05) is 18.9 Å². The topological polar surface area (TPSA) is 85.3 Å². The molecule has 0 saturated carbocycles. The van der Waals surface area contributed by atoms with E-state index in [2.05, 4.69) is 15.9 Å². The predicted octanol–water partition coefficient (Wildman–Crippen LogP) is 4.63. The minimum absolute atomic E-state index is 0.0429. The summed E-state index contributed by atoms with van der Waals surface area (Å²) in [5.74, 6) is 0. The summed E-state index contributed by atoms with van der Waals surface area (Å²) in [5.41, 5.74) is 4.81. The highest BCUT2D eigenvalue weighted by Gasteiger charge is 2.44. The van der Waals surface area contributed by atoms with Crippen molar-refractivity contribution in [3.05, 3.63) is 35.4 Å². The quantitative estimate of drug-likeness (QED) is 0.408. The van der Waals surface area contributed by atoms with Crippen molar-refractivity contribution in [1.29, 1.82) is 5.26 Å². The molecule has 25 heavy (non-hydrogen) atoms. The highest BCUT2D eigenvalue weighted by Crippen LogP contribution is 2.54. The van der Waals surface area contributed by atoms with Gasteiger partial charge in [-0.2, -0.15) is 14.0 Å². The van der Waals surface area contributed by atoms with Crippen LogP contribution in [0, 0.1) is 11.3 Å². The Kier molecular flexibility index (Phi) is 5.85. The van der Waals surface area contributed by atoms with Crippen molar-refractivity contribution in [3.63, 3.8) is 0 Å². The Morgan fingerprint density at radius 2 is 1.76 bits per heavy atom. The van der Waals surface area contributed by atoms with Gasteiger partial charge in [0.25, 0.3) is 0 Å². The second kappa shape index (κ2) is 7.38. The average molecular weight is 433 g/mol. The molecule has 0 aliphatic carbocycles. The van der Waals surface area contributed by atoms with Gasteiger partial charge in [0.2, 0.25) is 0 Å². The largest absolute Gasteiger partial charge is 0.397 e. The number of alkyl halides is 3. The van der Waals surface area contributed by atoms with E-state index >= 15 is 0 Å². The monoisotopic (exact) mass is 432 g/mol. The number of halogens is 3. The molecule has 2 aromatic rings. The van der Waals surface area contributed by atoms with Crippen LogP contribution in [0.15, 0.2) is 24.3 Å². The number of anilines is 1. The number of rotatable bonds is 6. The molecule has 9 heteroatoms. The predicted molar refractivity (Wildman–Crippen MR) is 96.4 cm³/mol. The Balaban J connectivity index is 3.08. The van der Waals surface area contributed by atoms with Crippen molar-refractivity contribution in [1.82, 2.24) is 0 Å². The van der Waals surface area contributed by atoms with Crippen LogP contribution >= 0.6 is 23.5 Å². The van der Waals surface area contributed by atoms with Crippen LogP contribution in [0.5, 0.6) is 0 Å². The molecule has 2 aromatic carbocycles. The number of nitrogens with two attached hydrogens (primary N) is 1. The Bertz CT molecular complexity index is 884. The standard InChI is InChI=1S/C16H16BrF2N2O3P/c1-3-23-25(22,24-4-2)15-13(16(17,18)19)12(9-20)10-7-5-6-8-11(10)14(15)21/h5-8H,3-4,21H2,1-2H3. The Morgan fingerprint density at radius 3 is 2.20 bits per heavy atom. The van der Waals surface area contributed by atoms with Gasteiger partial charge in [-0.25, -0.2) is 0 Å². The highest BCUT2D eigenvalue weighted by atomic mass is 79.9. The molecule has 0 aromatic heterocycles. The van der Waals surface area contributed by atoms with Crippen LogP contribution in [0.25, 0.3) is 10.8 Å². The van der Waals surface area contributed by atoms with Crippen LogP contribution in [-0.2, 0) is 18.4 Å². The summed E-state index contributed by atoms with van der Waals surface area (Å²) in [4.78, 5) is -3.66. The van der Waals surface area contributed by atoms with E-state index in [4.69, 9.17) is 14.8 Å². The number of fused-ring (bicyclic) bond motifs is 1. The first-order chi connectivity index (χ1) is 11.7. The normalized spacial score (nSPS) is 12.3. The molecule has 0 aliphatic rings. The maximum Gasteiger partial charge on any atom is 0.364 e. The summed E-state index contributed by atoms with van der Waals surface area (Å²) in [5, 5.41) is 9.59. The lowest BCUT2D eigenvalue weighted by Gasteiger charge is -2.25. The fourth-order valence-electron chi connectivity index (χ4n) is 2.63. The summed E-state index contributed by atoms with van der Waals surface area (Å²) in [6.07, 6.45) is 0. The smallest absolute Gasteiger partial charge is 0.364 e. The Labute approximate surface area is 152 Å². The molecule has 0 unspecified atom stereocenters. The molecule has 0 heterocycles. The third kappa shape index (κ3) is 3.56. The van der Waals surface area contributed by atoms with Gasteiger partial charge in [0.1, 0.15) is 6.07 Å². The zero-order chi connectivity index (χ0) is 18.8. The van der Waals surface area contributed by atoms with Gasteiger partial charge < -0.3 is 14.8 Å². The number of benzene rings is 2. The minimum atomic E-state index is -4.17. The molecule has 0 saturated heterocycles. The van der Waals surface area contributed by atoms with E-state index in [0.29, 0.717) is 5.39 Å². The van der Waals surface area contributed by atoms with E-state index in [-0.39, 0.29) is 29.9 Å². The fourth-order valence-corrected chi connectivity index (χ4v) is 5.14. The lowest BCUT2D eigenvalue weighted by Crippen LogP contribution is -2.26. The van der Waals surface area contributed by atoms with Gasteiger partial charge in [-0.05, 0) is 29.8 Å². The molecular formula is C16H16BrF2N2O3P. The second-order valence-electron chi connectivity index (χ2n) is 5.00. The molecule has 0 atom stereocenters.